The molecule has 0 unspecified atom stereocenters. The van der Waals surface area contributed by atoms with Crippen LogP contribution in [0.3, 0.4) is 0 Å². The average Bonchev–Trinajstić information content (AvgIpc) is 2.16. The molecular formula is C11H15FN2O4S. The van der Waals surface area contributed by atoms with Crippen molar-refractivity contribution in [3.05, 3.63) is 29.6 Å². The summed E-state index contributed by atoms with van der Waals surface area (Å²) in [5.74, 6) is -2.40. The molecule has 0 aliphatic heterocycles. The predicted molar refractivity (Wildman–Crippen MR) is 68.8 cm³/mol. The number of anilines is 1. The molecule has 1 aromatic carbocycles. The van der Waals surface area contributed by atoms with Gasteiger partial charge in [0, 0.05) is 5.54 Å². The molecule has 0 spiro atoms. The topological polar surface area (TPSA) is 95.5 Å². The highest BCUT2D eigenvalue weighted by atomic mass is 32.2. The first-order valence-electron chi connectivity index (χ1n) is 5.35. The highest BCUT2D eigenvalue weighted by molar-refractivity contribution is 7.90. The molecule has 8 heteroatoms. The van der Waals surface area contributed by atoms with Gasteiger partial charge in [-0.3, -0.25) is 4.72 Å². The minimum Gasteiger partial charge on any atom is -0.478 e. The first-order valence-corrected chi connectivity index (χ1v) is 6.83. The highest BCUT2D eigenvalue weighted by Gasteiger charge is 2.20. The van der Waals surface area contributed by atoms with Crippen molar-refractivity contribution in [2.45, 2.75) is 26.3 Å². The average molecular weight is 290 g/mol. The maximum atomic E-state index is 13.2. The van der Waals surface area contributed by atoms with E-state index in [1.54, 1.807) is 20.8 Å². The van der Waals surface area contributed by atoms with Crippen molar-refractivity contribution in [1.82, 2.24) is 4.72 Å². The first kappa shape index (κ1) is 15.4. The summed E-state index contributed by atoms with van der Waals surface area (Å²) in [5.41, 5.74) is -1.33. The fraction of sp³-hybridized carbons (Fsp3) is 0.364. The zero-order valence-electron chi connectivity index (χ0n) is 10.7. The molecule has 0 amide bonds. The van der Waals surface area contributed by atoms with Crippen LogP contribution in [0.25, 0.3) is 0 Å². The number of benzene rings is 1. The Morgan fingerprint density at radius 3 is 2.37 bits per heavy atom. The number of carboxylic acid groups (broad SMARTS) is 1. The van der Waals surface area contributed by atoms with Crippen molar-refractivity contribution in [1.29, 1.82) is 0 Å². The van der Waals surface area contributed by atoms with Gasteiger partial charge in [-0.2, -0.15) is 13.1 Å². The zero-order valence-corrected chi connectivity index (χ0v) is 11.5. The number of hydrogen-bond donors (Lipinski definition) is 3. The van der Waals surface area contributed by atoms with Crippen molar-refractivity contribution in [3.63, 3.8) is 0 Å². The third kappa shape index (κ3) is 4.84. The summed E-state index contributed by atoms with van der Waals surface area (Å²) in [5, 5.41) is 8.74. The van der Waals surface area contributed by atoms with Crippen LogP contribution in [0.5, 0.6) is 0 Å². The van der Waals surface area contributed by atoms with E-state index in [9.17, 15) is 17.6 Å². The van der Waals surface area contributed by atoms with E-state index in [1.165, 1.54) is 0 Å². The molecule has 0 aromatic heterocycles. The Labute approximate surface area is 110 Å². The monoisotopic (exact) mass is 290 g/mol. The van der Waals surface area contributed by atoms with E-state index in [-0.39, 0.29) is 5.69 Å². The van der Waals surface area contributed by atoms with Crippen LogP contribution >= 0.6 is 0 Å². The van der Waals surface area contributed by atoms with Gasteiger partial charge in [-0.15, -0.1) is 0 Å². The molecule has 0 fully saturated rings. The smallest absolute Gasteiger partial charge is 0.338 e. The van der Waals surface area contributed by atoms with Gasteiger partial charge in [-0.1, -0.05) is 0 Å². The Hall–Kier alpha value is -1.67. The standard InChI is InChI=1S/C11H15FN2O4S/c1-11(2,3)14-19(17,18)13-7-4-5-9(12)8(6-7)10(15)16/h4-6,13-14H,1-3H3,(H,15,16). The van der Waals surface area contributed by atoms with E-state index >= 15 is 0 Å². The number of carbonyl (C=O) groups is 1. The molecule has 0 saturated heterocycles. The summed E-state index contributed by atoms with van der Waals surface area (Å²) in [6, 6.07) is 2.95. The molecule has 1 aromatic rings. The molecule has 0 radical (unpaired) electrons. The molecule has 0 atom stereocenters. The Bertz CT molecular complexity index is 593. The van der Waals surface area contributed by atoms with E-state index < -0.39 is 33.1 Å². The molecule has 0 aliphatic carbocycles. The van der Waals surface area contributed by atoms with Crippen molar-refractivity contribution in [2.75, 3.05) is 4.72 Å². The van der Waals surface area contributed by atoms with Gasteiger partial charge < -0.3 is 5.11 Å². The van der Waals surface area contributed by atoms with Crippen LogP contribution in [-0.2, 0) is 10.2 Å². The molecule has 0 bridgehead atoms. The zero-order chi connectivity index (χ0) is 14.8. The van der Waals surface area contributed by atoms with Gasteiger partial charge in [0.15, 0.2) is 0 Å². The lowest BCUT2D eigenvalue weighted by Crippen LogP contribution is -2.43. The van der Waals surface area contributed by atoms with Gasteiger partial charge >= 0.3 is 5.97 Å². The lowest BCUT2D eigenvalue weighted by Gasteiger charge is -2.21. The number of carboxylic acids is 1. The summed E-state index contributed by atoms with van der Waals surface area (Å²) in [6.45, 7) is 4.96. The summed E-state index contributed by atoms with van der Waals surface area (Å²) in [7, 11) is -3.86. The molecule has 1 rings (SSSR count). The molecular weight excluding hydrogens is 275 g/mol. The maximum Gasteiger partial charge on any atom is 0.338 e. The number of halogens is 1. The van der Waals surface area contributed by atoms with E-state index in [2.05, 4.69) is 9.44 Å². The van der Waals surface area contributed by atoms with E-state index in [0.29, 0.717) is 0 Å². The maximum absolute atomic E-state index is 13.2. The quantitative estimate of drug-likeness (QED) is 0.784. The van der Waals surface area contributed by atoms with Gasteiger partial charge in [0.1, 0.15) is 5.82 Å². The molecule has 0 aliphatic rings. The Morgan fingerprint density at radius 2 is 1.89 bits per heavy atom. The van der Waals surface area contributed by atoms with Gasteiger partial charge in [-0.25, -0.2) is 9.18 Å². The largest absolute Gasteiger partial charge is 0.478 e. The number of hydrogen-bond acceptors (Lipinski definition) is 3. The number of aromatic carboxylic acids is 1. The van der Waals surface area contributed by atoms with Crippen LogP contribution in [0.1, 0.15) is 31.1 Å². The summed E-state index contributed by atoms with van der Waals surface area (Å²) in [4.78, 5) is 10.7. The summed E-state index contributed by atoms with van der Waals surface area (Å²) < 4.78 is 41.0. The normalized spacial score (nSPS) is 12.2. The molecule has 0 saturated carbocycles. The van der Waals surface area contributed by atoms with Crippen molar-refractivity contribution in [2.24, 2.45) is 0 Å². The second-order valence-corrected chi connectivity index (χ2v) is 6.37. The molecule has 0 heterocycles. The number of nitrogens with one attached hydrogen (secondary N) is 2. The third-order valence-corrected chi connectivity index (χ3v) is 3.28. The van der Waals surface area contributed by atoms with E-state index in [1.807, 2.05) is 0 Å². The SMILES string of the molecule is CC(C)(C)NS(=O)(=O)Nc1ccc(F)c(C(=O)O)c1. The second kappa shape index (κ2) is 5.14. The van der Waals surface area contributed by atoms with Crippen LogP contribution < -0.4 is 9.44 Å². The van der Waals surface area contributed by atoms with Gasteiger partial charge in [0.25, 0.3) is 10.2 Å². The van der Waals surface area contributed by atoms with Crippen LogP contribution in [0, 0.1) is 5.82 Å². The minimum atomic E-state index is -3.86. The van der Waals surface area contributed by atoms with Crippen LogP contribution in [0.2, 0.25) is 0 Å². The van der Waals surface area contributed by atoms with Crippen molar-refractivity contribution >= 4 is 21.9 Å². The first-order chi connectivity index (χ1) is 8.50. The summed E-state index contributed by atoms with van der Waals surface area (Å²) in [6.07, 6.45) is 0. The highest BCUT2D eigenvalue weighted by Crippen LogP contribution is 2.16. The molecule has 106 valence electrons. The Morgan fingerprint density at radius 1 is 1.32 bits per heavy atom. The predicted octanol–water partition coefficient (Wildman–Crippen LogP) is 1.57. The number of rotatable bonds is 4. The van der Waals surface area contributed by atoms with E-state index in [0.717, 1.165) is 18.2 Å². The molecule has 19 heavy (non-hydrogen) atoms. The Balaban J connectivity index is 3.01. The summed E-state index contributed by atoms with van der Waals surface area (Å²) >= 11 is 0. The van der Waals surface area contributed by atoms with Crippen molar-refractivity contribution in [3.8, 4) is 0 Å². The fourth-order valence-corrected chi connectivity index (χ4v) is 2.63. The fourth-order valence-electron chi connectivity index (χ4n) is 1.34. The van der Waals surface area contributed by atoms with Gasteiger partial charge in [-0.05, 0) is 39.0 Å². The van der Waals surface area contributed by atoms with Gasteiger partial charge in [0.05, 0.1) is 11.3 Å². The van der Waals surface area contributed by atoms with Crippen LogP contribution in [0.4, 0.5) is 10.1 Å². The van der Waals surface area contributed by atoms with E-state index in [4.69, 9.17) is 5.11 Å². The lowest BCUT2D eigenvalue weighted by molar-refractivity contribution is 0.0692. The van der Waals surface area contributed by atoms with Crippen LogP contribution in [-0.4, -0.2) is 25.0 Å². The lowest BCUT2D eigenvalue weighted by atomic mass is 10.1. The van der Waals surface area contributed by atoms with Crippen LogP contribution in [0.15, 0.2) is 18.2 Å². The van der Waals surface area contributed by atoms with Crippen molar-refractivity contribution < 1.29 is 22.7 Å². The molecule has 6 nitrogen and oxygen atoms in total. The minimum absolute atomic E-state index is 0.0319. The van der Waals surface area contributed by atoms with Gasteiger partial charge in [0.2, 0.25) is 0 Å². The second-order valence-electron chi connectivity index (χ2n) is 4.96. The Kier molecular flexibility index (Phi) is 4.16. The third-order valence-electron chi connectivity index (χ3n) is 1.89. The molecule has 3 N–H and O–H groups in total.